The van der Waals surface area contributed by atoms with Crippen LogP contribution in [-0.4, -0.2) is 27.1 Å². The van der Waals surface area contributed by atoms with E-state index in [1.165, 1.54) is 5.56 Å². The molecule has 2 aromatic rings. The molecule has 2 aromatic heterocycles. The van der Waals surface area contributed by atoms with Crippen molar-refractivity contribution in [3.63, 3.8) is 0 Å². The summed E-state index contributed by atoms with van der Waals surface area (Å²) in [7, 11) is 0. The van der Waals surface area contributed by atoms with Gasteiger partial charge in [-0.1, -0.05) is 0 Å². The minimum absolute atomic E-state index is 0.322. The Balaban J connectivity index is 2.16. The molecule has 1 atom stereocenters. The van der Waals surface area contributed by atoms with Crippen molar-refractivity contribution in [3.05, 3.63) is 29.4 Å². The van der Waals surface area contributed by atoms with Gasteiger partial charge in [0.2, 0.25) is 5.95 Å². The number of nitrogens with one attached hydrogen (secondary N) is 1. The molecule has 2 rings (SSSR count). The minimum Gasteiger partial charge on any atom is -0.480 e. The SMILES string of the molecule is Cc1ccsc1-c1cnc(NC(C)C(=O)O)nc1. The molecule has 0 spiro atoms. The predicted molar refractivity (Wildman–Crippen MR) is 70.8 cm³/mol. The van der Waals surface area contributed by atoms with Crippen molar-refractivity contribution in [1.82, 2.24) is 9.97 Å². The number of carboxylic acids is 1. The molecular weight excluding hydrogens is 250 g/mol. The van der Waals surface area contributed by atoms with Gasteiger partial charge in [0.15, 0.2) is 0 Å². The van der Waals surface area contributed by atoms with E-state index in [-0.39, 0.29) is 0 Å². The molecule has 18 heavy (non-hydrogen) atoms. The predicted octanol–water partition coefficient (Wildman–Crippen LogP) is 2.40. The Kier molecular flexibility index (Phi) is 3.57. The van der Waals surface area contributed by atoms with Crippen LogP contribution in [0.4, 0.5) is 5.95 Å². The monoisotopic (exact) mass is 263 g/mol. The Morgan fingerprint density at radius 2 is 2.11 bits per heavy atom. The molecule has 0 bridgehead atoms. The molecular formula is C12H13N3O2S. The molecule has 1 unspecified atom stereocenters. The first-order valence-corrected chi connectivity index (χ1v) is 6.31. The van der Waals surface area contributed by atoms with Crippen LogP contribution in [-0.2, 0) is 4.79 Å². The van der Waals surface area contributed by atoms with Crippen LogP contribution in [0.15, 0.2) is 23.8 Å². The van der Waals surface area contributed by atoms with Gasteiger partial charge in [-0.15, -0.1) is 11.3 Å². The molecule has 0 fully saturated rings. The van der Waals surface area contributed by atoms with Gasteiger partial charge >= 0.3 is 5.97 Å². The number of aryl methyl sites for hydroxylation is 1. The van der Waals surface area contributed by atoms with Gasteiger partial charge in [0.25, 0.3) is 0 Å². The summed E-state index contributed by atoms with van der Waals surface area (Å²) in [4.78, 5) is 20.1. The molecule has 0 saturated heterocycles. The van der Waals surface area contributed by atoms with Crippen molar-refractivity contribution < 1.29 is 9.90 Å². The first-order chi connectivity index (χ1) is 8.58. The second-order valence-electron chi connectivity index (χ2n) is 3.93. The standard InChI is InChI=1S/C12H13N3O2S/c1-7-3-4-18-10(7)9-5-13-12(14-6-9)15-8(2)11(16)17/h3-6,8H,1-2H3,(H,16,17)(H,13,14,15). The molecule has 2 heterocycles. The van der Waals surface area contributed by atoms with Crippen LogP contribution in [0.3, 0.4) is 0 Å². The van der Waals surface area contributed by atoms with Crippen LogP contribution < -0.4 is 5.32 Å². The number of hydrogen-bond donors (Lipinski definition) is 2. The zero-order chi connectivity index (χ0) is 13.1. The lowest BCUT2D eigenvalue weighted by Gasteiger charge is -2.08. The van der Waals surface area contributed by atoms with Crippen LogP contribution in [0, 0.1) is 6.92 Å². The van der Waals surface area contributed by atoms with E-state index in [4.69, 9.17) is 5.11 Å². The summed E-state index contributed by atoms with van der Waals surface area (Å²) in [6.07, 6.45) is 3.39. The fraction of sp³-hybridized carbons (Fsp3) is 0.250. The van der Waals surface area contributed by atoms with E-state index < -0.39 is 12.0 Å². The number of hydrogen-bond acceptors (Lipinski definition) is 5. The van der Waals surface area contributed by atoms with Gasteiger partial charge in [-0.3, -0.25) is 4.79 Å². The third-order valence-corrected chi connectivity index (χ3v) is 3.56. The highest BCUT2D eigenvalue weighted by Crippen LogP contribution is 2.27. The third kappa shape index (κ3) is 2.65. The summed E-state index contributed by atoms with van der Waals surface area (Å²) in [5, 5.41) is 13.5. The highest BCUT2D eigenvalue weighted by molar-refractivity contribution is 7.13. The van der Waals surface area contributed by atoms with Crippen molar-refractivity contribution in [3.8, 4) is 10.4 Å². The summed E-state index contributed by atoms with van der Waals surface area (Å²) < 4.78 is 0. The van der Waals surface area contributed by atoms with Crippen LogP contribution >= 0.6 is 11.3 Å². The number of aliphatic carboxylic acids is 1. The van der Waals surface area contributed by atoms with Crippen molar-refractivity contribution in [1.29, 1.82) is 0 Å². The first-order valence-electron chi connectivity index (χ1n) is 5.44. The van der Waals surface area contributed by atoms with E-state index in [1.54, 1.807) is 30.7 Å². The number of carbonyl (C=O) groups is 1. The topological polar surface area (TPSA) is 75.1 Å². The highest BCUT2D eigenvalue weighted by atomic mass is 32.1. The zero-order valence-electron chi connectivity index (χ0n) is 10.0. The van der Waals surface area contributed by atoms with Crippen LogP contribution in [0.1, 0.15) is 12.5 Å². The molecule has 0 aromatic carbocycles. The summed E-state index contributed by atoms with van der Waals surface area (Å²) in [6, 6.07) is 1.33. The molecule has 0 amide bonds. The second kappa shape index (κ2) is 5.14. The molecule has 5 nitrogen and oxygen atoms in total. The van der Waals surface area contributed by atoms with Gasteiger partial charge < -0.3 is 10.4 Å². The van der Waals surface area contributed by atoms with Gasteiger partial charge in [-0.2, -0.15) is 0 Å². The van der Waals surface area contributed by atoms with Crippen molar-refractivity contribution in [2.75, 3.05) is 5.32 Å². The third-order valence-electron chi connectivity index (χ3n) is 2.49. The zero-order valence-corrected chi connectivity index (χ0v) is 10.9. The summed E-state index contributed by atoms with van der Waals surface area (Å²) in [6.45, 7) is 3.58. The Hall–Kier alpha value is -1.95. The second-order valence-corrected chi connectivity index (χ2v) is 4.85. The summed E-state index contributed by atoms with van der Waals surface area (Å²) >= 11 is 1.63. The average molecular weight is 263 g/mol. The quantitative estimate of drug-likeness (QED) is 0.886. The lowest BCUT2D eigenvalue weighted by molar-refractivity contribution is -0.137. The Morgan fingerprint density at radius 1 is 1.44 bits per heavy atom. The maximum absolute atomic E-state index is 10.7. The fourth-order valence-corrected chi connectivity index (χ4v) is 2.35. The number of anilines is 1. The number of nitrogens with zero attached hydrogens (tertiary/aromatic N) is 2. The molecule has 6 heteroatoms. The molecule has 0 saturated carbocycles. The number of aromatic nitrogens is 2. The lowest BCUT2D eigenvalue weighted by Crippen LogP contribution is -2.26. The summed E-state index contributed by atoms with van der Waals surface area (Å²) in [5.74, 6) is -0.611. The van der Waals surface area contributed by atoms with Crippen LogP contribution in [0.5, 0.6) is 0 Å². The van der Waals surface area contributed by atoms with Crippen LogP contribution in [0.25, 0.3) is 10.4 Å². The smallest absolute Gasteiger partial charge is 0.325 e. The molecule has 0 aliphatic rings. The molecule has 0 aliphatic heterocycles. The van der Waals surface area contributed by atoms with E-state index in [9.17, 15) is 4.79 Å². The van der Waals surface area contributed by atoms with Gasteiger partial charge in [-0.05, 0) is 30.9 Å². The van der Waals surface area contributed by atoms with Crippen molar-refractivity contribution >= 4 is 23.3 Å². The lowest BCUT2D eigenvalue weighted by atomic mass is 10.2. The van der Waals surface area contributed by atoms with Gasteiger partial charge in [0.1, 0.15) is 6.04 Å². The normalized spacial score (nSPS) is 12.1. The number of thiophene rings is 1. The fourth-order valence-electron chi connectivity index (χ4n) is 1.44. The van der Waals surface area contributed by atoms with E-state index >= 15 is 0 Å². The average Bonchev–Trinajstić information content (AvgIpc) is 2.76. The Labute approximate surface area is 109 Å². The van der Waals surface area contributed by atoms with Gasteiger partial charge in [0, 0.05) is 22.8 Å². The molecule has 2 N–H and O–H groups in total. The number of carboxylic acid groups (broad SMARTS) is 1. The largest absolute Gasteiger partial charge is 0.480 e. The Bertz CT molecular complexity index is 551. The summed E-state index contributed by atoms with van der Waals surface area (Å²) in [5.41, 5.74) is 2.12. The maximum atomic E-state index is 10.7. The van der Waals surface area contributed by atoms with Gasteiger partial charge in [-0.25, -0.2) is 9.97 Å². The van der Waals surface area contributed by atoms with Crippen LogP contribution in [0.2, 0.25) is 0 Å². The Morgan fingerprint density at radius 3 is 2.61 bits per heavy atom. The first kappa shape index (κ1) is 12.5. The molecule has 0 aliphatic carbocycles. The van der Waals surface area contributed by atoms with E-state index in [0.717, 1.165) is 10.4 Å². The highest BCUT2D eigenvalue weighted by Gasteiger charge is 2.12. The van der Waals surface area contributed by atoms with E-state index in [0.29, 0.717) is 5.95 Å². The molecule has 0 radical (unpaired) electrons. The van der Waals surface area contributed by atoms with Crippen molar-refractivity contribution in [2.24, 2.45) is 0 Å². The molecule has 94 valence electrons. The number of rotatable bonds is 4. The van der Waals surface area contributed by atoms with E-state index in [2.05, 4.69) is 15.3 Å². The van der Waals surface area contributed by atoms with Crippen molar-refractivity contribution in [2.45, 2.75) is 19.9 Å². The van der Waals surface area contributed by atoms with Gasteiger partial charge in [0.05, 0.1) is 0 Å². The van der Waals surface area contributed by atoms with E-state index in [1.807, 2.05) is 18.4 Å². The minimum atomic E-state index is -0.934. The maximum Gasteiger partial charge on any atom is 0.325 e.